The molecule has 0 saturated heterocycles. The van der Waals surface area contributed by atoms with Crippen LogP contribution in [0.15, 0.2) is 48.5 Å². The second kappa shape index (κ2) is 6.41. The van der Waals surface area contributed by atoms with Gasteiger partial charge in [-0.15, -0.1) is 0 Å². The van der Waals surface area contributed by atoms with E-state index in [-0.39, 0.29) is 12.5 Å². The molecule has 1 amide bonds. The van der Waals surface area contributed by atoms with E-state index < -0.39 is 0 Å². The van der Waals surface area contributed by atoms with E-state index in [4.69, 9.17) is 9.84 Å². The third-order valence-electron chi connectivity index (χ3n) is 3.37. The first-order valence-electron chi connectivity index (χ1n) is 7.02. The van der Waals surface area contributed by atoms with E-state index in [2.05, 4.69) is 15.3 Å². The van der Waals surface area contributed by atoms with Gasteiger partial charge in [-0.3, -0.25) is 4.79 Å². The topological polar surface area (TPSA) is 84.3 Å². The van der Waals surface area contributed by atoms with Gasteiger partial charge >= 0.3 is 0 Å². The Kier molecular flexibility index (Phi) is 4.16. The number of aliphatic hydroxyl groups excluding tert-OH is 1. The summed E-state index contributed by atoms with van der Waals surface area (Å²) in [6, 6.07) is 13.9. The van der Waals surface area contributed by atoms with Crippen molar-refractivity contribution in [1.29, 1.82) is 0 Å². The summed E-state index contributed by atoms with van der Waals surface area (Å²) in [7, 11) is 1.57. The van der Waals surface area contributed by atoms with E-state index in [9.17, 15) is 4.79 Å². The maximum absolute atomic E-state index is 12.2. The predicted octanol–water partition coefficient (Wildman–Crippen LogP) is 2.38. The highest BCUT2D eigenvalue weighted by Gasteiger charge is 2.08. The Morgan fingerprint density at radius 2 is 1.83 bits per heavy atom. The largest absolute Gasteiger partial charge is 0.497 e. The summed E-state index contributed by atoms with van der Waals surface area (Å²) < 4.78 is 5.06. The lowest BCUT2D eigenvalue weighted by atomic mass is 10.2. The lowest BCUT2D eigenvalue weighted by Crippen LogP contribution is -2.13. The van der Waals surface area contributed by atoms with Gasteiger partial charge in [-0.2, -0.15) is 0 Å². The number of carbonyl (C=O) groups excluding carboxylic acids is 1. The average Bonchev–Trinajstić information content (AvgIpc) is 2.61. The molecule has 116 valence electrons. The number of aliphatic hydroxyl groups is 1. The number of nitrogens with one attached hydrogen (secondary N) is 1. The molecule has 0 aliphatic rings. The third-order valence-corrected chi connectivity index (χ3v) is 3.37. The van der Waals surface area contributed by atoms with Crippen molar-refractivity contribution in [3.05, 3.63) is 59.8 Å². The lowest BCUT2D eigenvalue weighted by Gasteiger charge is -2.07. The van der Waals surface area contributed by atoms with Crippen LogP contribution < -0.4 is 10.1 Å². The maximum Gasteiger partial charge on any atom is 0.256 e. The molecule has 0 bridgehead atoms. The summed E-state index contributed by atoms with van der Waals surface area (Å²) in [5, 5.41) is 12.7. The van der Waals surface area contributed by atoms with Gasteiger partial charge in [-0.05, 0) is 48.5 Å². The van der Waals surface area contributed by atoms with E-state index in [0.717, 1.165) is 5.39 Å². The Labute approximate surface area is 132 Å². The van der Waals surface area contributed by atoms with Crippen LogP contribution in [0.3, 0.4) is 0 Å². The van der Waals surface area contributed by atoms with E-state index in [1.165, 1.54) is 0 Å². The maximum atomic E-state index is 12.2. The highest BCUT2D eigenvalue weighted by molar-refractivity contribution is 6.04. The molecule has 0 aliphatic heterocycles. The number of hydrogen-bond donors (Lipinski definition) is 2. The minimum Gasteiger partial charge on any atom is -0.497 e. The summed E-state index contributed by atoms with van der Waals surface area (Å²) in [5.74, 6) is 0.824. The minimum atomic E-state index is -0.266. The number of fused-ring (bicyclic) bond motifs is 1. The fourth-order valence-corrected chi connectivity index (χ4v) is 2.13. The fourth-order valence-electron chi connectivity index (χ4n) is 2.13. The van der Waals surface area contributed by atoms with E-state index >= 15 is 0 Å². The van der Waals surface area contributed by atoms with Crippen LogP contribution in [0.5, 0.6) is 5.75 Å². The molecule has 2 heterocycles. The van der Waals surface area contributed by atoms with Gasteiger partial charge < -0.3 is 15.2 Å². The molecule has 0 fully saturated rings. The number of anilines is 1. The number of aromatic nitrogens is 2. The van der Waals surface area contributed by atoms with Crippen molar-refractivity contribution >= 4 is 22.8 Å². The molecule has 2 aromatic heterocycles. The first-order valence-corrected chi connectivity index (χ1v) is 7.02. The van der Waals surface area contributed by atoms with Crippen LogP contribution in [0, 0.1) is 0 Å². The zero-order valence-electron chi connectivity index (χ0n) is 12.5. The van der Waals surface area contributed by atoms with Gasteiger partial charge in [0.05, 0.1) is 19.4 Å². The zero-order chi connectivity index (χ0) is 16.2. The van der Waals surface area contributed by atoms with E-state index in [1.54, 1.807) is 43.5 Å². The monoisotopic (exact) mass is 309 g/mol. The molecule has 0 saturated carbocycles. The number of rotatable bonds is 4. The van der Waals surface area contributed by atoms with E-state index in [0.29, 0.717) is 28.5 Å². The van der Waals surface area contributed by atoms with Gasteiger partial charge in [0.1, 0.15) is 11.6 Å². The summed E-state index contributed by atoms with van der Waals surface area (Å²) in [6.45, 7) is -0.153. The smallest absolute Gasteiger partial charge is 0.256 e. The SMILES string of the molecule is COc1ccc(C(=O)Nc2ccc3ccc(CO)nc3n2)cc1. The van der Waals surface area contributed by atoms with Crippen LogP contribution in [0.2, 0.25) is 0 Å². The quantitative estimate of drug-likeness (QED) is 0.773. The molecule has 0 atom stereocenters. The first kappa shape index (κ1) is 14.9. The summed E-state index contributed by atoms with van der Waals surface area (Å²) in [4.78, 5) is 20.8. The standard InChI is InChI=1S/C17H15N3O3/c1-23-14-7-3-12(4-8-14)17(22)20-15-9-5-11-2-6-13(10-21)18-16(11)19-15/h2-9,21H,10H2,1H3,(H,18,19,20,22). The molecule has 23 heavy (non-hydrogen) atoms. The van der Waals surface area contributed by atoms with Crippen molar-refractivity contribution in [3.8, 4) is 5.75 Å². The van der Waals surface area contributed by atoms with Crippen molar-refractivity contribution in [2.45, 2.75) is 6.61 Å². The molecular formula is C17H15N3O3. The number of nitrogens with zero attached hydrogens (tertiary/aromatic N) is 2. The molecular weight excluding hydrogens is 294 g/mol. The van der Waals surface area contributed by atoms with Gasteiger partial charge in [0.25, 0.3) is 5.91 Å². The van der Waals surface area contributed by atoms with Crippen molar-refractivity contribution in [2.75, 3.05) is 12.4 Å². The van der Waals surface area contributed by atoms with Crippen molar-refractivity contribution in [2.24, 2.45) is 0 Å². The van der Waals surface area contributed by atoms with Gasteiger partial charge in [0.15, 0.2) is 5.65 Å². The lowest BCUT2D eigenvalue weighted by molar-refractivity contribution is 0.102. The molecule has 6 heteroatoms. The molecule has 1 aromatic carbocycles. The van der Waals surface area contributed by atoms with Gasteiger partial charge in [-0.1, -0.05) is 0 Å². The van der Waals surface area contributed by atoms with Gasteiger partial charge in [0, 0.05) is 10.9 Å². The number of hydrogen-bond acceptors (Lipinski definition) is 5. The Hall–Kier alpha value is -2.99. The fraction of sp³-hybridized carbons (Fsp3) is 0.118. The van der Waals surface area contributed by atoms with Crippen molar-refractivity contribution in [1.82, 2.24) is 9.97 Å². The van der Waals surface area contributed by atoms with Crippen molar-refractivity contribution in [3.63, 3.8) is 0 Å². The number of methoxy groups -OCH3 is 1. The Bertz CT molecular complexity index is 847. The van der Waals surface area contributed by atoms with Gasteiger partial charge in [0.2, 0.25) is 0 Å². The normalized spacial score (nSPS) is 10.5. The second-order valence-corrected chi connectivity index (χ2v) is 4.89. The summed E-state index contributed by atoms with van der Waals surface area (Å²) in [5.41, 5.74) is 1.51. The minimum absolute atomic E-state index is 0.153. The third kappa shape index (κ3) is 3.27. The summed E-state index contributed by atoms with van der Waals surface area (Å²) >= 11 is 0. The number of benzene rings is 1. The molecule has 0 radical (unpaired) electrons. The Morgan fingerprint density at radius 1 is 1.09 bits per heavy atom. The Balaban J connectivity index is 1.83. The van der Waals surface area contributed by atoms with Crippen LogP contribution >= 0.6 is 0 Å². The number of pyridine rings is 2. The highest BCUT2D eigenvalue weighted by Crippen LogP contribution is 2.16. The van der Waals surface area contributed by atoms with Crippen LogP contribution in [-0.4, -0.2) is 28.1 Å². The Morgan fingerprint density at radius 3 is 2.52 bits per heavy atom. The molecule has 3 rings (SSSR count). The molecule has 0 unspecified atom stereocenters. The molecule has 6 nitrogen and oxygen atoms in total. The van der Waals surface area contributed by atoms with E-state index in [1.807, 2.05) is 12.1 Å². The van der Waals surface area contributed by atoms with Crippen LogP contribution in [0.25, 0.3) is 11.0 Å². The van der Waals surface area contributed by atoms with Crippen LogP contribution in [0.4, 0.5) is 5.82 Å². The number of amides is 1. The average molecular weight is 309 g/mol. The predicted molar refractivity (Wildman–Crippen MR) is 86.4 cm³/mol. The zero-order valence-corrected chi connectivity index (χ0v) is 12.5. The highest BCUT2D eigenvalue weighted by atomic mass is 16.5. The van der Waals surface area contributed by atoms with Crippen molar-refractivity contribution < 1.29 is 14.6 Å². The summed E-state index contributed by atoms with van der Waals surface area (Å²) in [6.07, 6.45) is 0. The molecule has 0 aliphatic carbocycles. The first-order chi connectivity index (χ1) is 11.2. The second-order valence-electron chi connectivity index (χ2n) is 4.89. The number of carbonyl (C=O) groups is 1. The molecule has 3 aromatic rings. The molecule has 0 spiro atoms. The van der Waals surface area contributed by atoms with Crippen LogP contribution in [0.1, 0.15) is 16.1 Å². The van der Waals surface area contributed by atoms with Gasteiger partial charge in [-0.25, -0.2) is 9.97 Å². The van der Waals surface area contributed by atoms with Crippen LogP contribution in [-0.2, 0) is 6.61 Å². The number of ether oxygens (including phenoxy) is 1. The molecule has 2 N–H and O–H groups in total.